The van der Waals surface area contributed by atoms with E-state index in [9.17, 15) is 4.79 Å². The first-order chi connectivity index (χ1) is 3.50. The van der Waals surface area contributed by atoms with E-state index in [0.717, 1.165) is 0 Å². The van der Waals surface area contributed by atoms with E-state index >= 15 is 0 Å². The molecular formula is C5H5ClO2. The Hall–Kier alpha value is -0.680. The van der Waals surface area contributed by atoms with Gasteiger partial charge in [-0.25, -0.2) is 4.79 Å². The zero-order chi connectivity index (χ0) is 6.78. The zero-order valence-electron chi connectivity index (χ0n) is 4.31. The molecule has 0 aromatic heterocycles. The molecule has 0 spiro atoms. The lowest BCUT2D eigenvalue weighted by molar-refractivity contribution is -0.138. The molecule has 0 amide bonds. The molecule has 0 bridgehead atoms. The van der Waals surface area contributed by atoms with Gasteiger partial charge < -0.3 is 5.11 Å². The van der Waals surface area contributed by atoms with Crippen LogP contribution in [0.1, 0.15) is 6.92 Å². The van der Waals surface area contributed by atoms with Crippen LogP contribution in [0.25, 0.3) is 0 Å². The smallest absolute Gasteiger partial charge is 0.336 e. The SMILES string of the molecule is C#C[C@@](C)(Cl)C(=O)O. The van der Waals surface area contributed by atoms with Crippen molar-refractivity contribution in [2.75, 3.05) is 0 Å². The molecule has 0 saturated heterocycles. The molecule has 0 heterocycles. The van der Waals surface area contributed by atoms with E-state index in [0.29, 0.717) is 0 Å². The summed E-state index contributed by atoms with van der Waals surface area (Å²) in [5, 5.41) is 8.17. The molecule has 2 nitrogen and oxygen atoms in total. The molecule has 0 fully saturated rings. The van der Waals surface area contributed by atoms with Crippen LogP contribution >= 0.6 is 11.6 Å². The molecule has 3 heteroatoms. The molecule has 0 aromatic rings. The lowest BCUT2D eigenvalue weighted by atomic mass is 10.2. The van der Waals surface area contributed by atoms with Gasteiger partial charge in [0.15, 0.2) is 4.87 Å². The second kappa shape index (κ2) is 2.06. The third-order valence-corrected chi connectivity index (χ3v) is 0.943. The first kappa shape index (κ1) is 7.32. The van der Waals surface area contributed by atoms with Gasteiger partial charge in [-0.2, -0.15) is 0 Å². The van der Waals surface area contributed by atoms with Crippen LogP contribution in [0.2, 0.25) is 0 Å². The molecule has 0 aliphatic rings. The number of carboxylic acid groups (broad SMARTS) is 1. The Bertz CT molecular complexity index is 143. The minimum Gasteiger partial charge on any atom is -0.479 e. The van der Waals surface area contributed by atoms with Crippen LogP contribution in [-0.2, 0) is 4.79 Å². The summed E-state index contributed by atoms with van der Waals surface area (Å²) in [5.41, 5.74) is 0. The fourth-order valence-corrected chi connectivity index (χ4v) is 0.0617. The summed E-state index contributed by atoms with van der Waals surface area (Å²) in [6.07, 6.45) is 4.74. The van der Waals surface area contributed by atoms with Crippen molar-refractivity contribution in [2.24, 2.45) is 0 Å². The molecule has 0 aliphatic heterocycles. The second-order valence-electron chi connectivity index (χ2n) is 1.45. The number of alkyl halides is 1. The van der Waals surface area contributed by atoms with Gasteiger partial charge in [-0.05, 0) is 6.92 Å². The molecule has 0 rings (SSSR count). The van der Waals surface area contributed by atoms with Gasteiger partial charge in [0.25, 0.3) is 0 Å². The largest absolute Gasteiger partial charge is 0.479 e. The van der Waals surface area contributed by atoms with Gasteiger partial charge in [0.2, 0.25) is 0 Å². The highest BCUT2D eigenvalue weighted by Gasteiger charge is 2.26. The van der Waals surface area contributed by atoms with Crippen molar-refractivity contribution >= 4 is 17.6 Å². The average molecular weight is 133 g/mol. The van der Waals surface area contributed by atoms with Gasteiger partial charge in [0.1, 0.15) is 0 Å². The van der Waals surface area contributed by atoms with Crippen LogP contribution in [0.4, 0.5) is 0 Å². The minimum atomic E-state index is -1.54. The number of hydrogen-bond donors (Lipinski definition) is 1. The van der Waals surface area contributed by atoms with Crippen LogP contribution in [0.15, 0.2) is 0 Å². The second-order valence-corrected chi connectivity index (χ2v) is 2.21. The summed E-state index contributed by atoms with van der Waals surface area (Å²) >= 11 is 5.22. The lowest BCUT2D eigenvalue weighted by Gasteiger charge is -2.04. The monoisotopic (exact) mass is 132 g/mol. The maximum Gasteiger partial charge on any atom is 0.336 e. The Balaban J connectivity index is 4.19. The highest BCUT2D eigenvalue weighted by molar-refractivity contribution is 6.35. The molecule has 0 aliphatic carbocycles. The number of carboxylic acids is 1. The Labute approximate surface area is 52.5 Å². The van der Waals surface area contributed by atoms with Gasteiger partial charge in [-0.15, -0.1) is 6.42 Å². The standard InChI is InChI=1S/C5H5ClO2/c1-3-5(2,6)4(7)8/h1H,2H3,(H,7,8)/t5-/m1/s1. The molecule has 1 N–H and O–H groups in total. The van der Waals surface area contributed by atoms with Crippen molar-refractivity contribution in [2.45, 2.75) is 11.8 Å². The van der Waals surface area contributed by atoms with Crippen LogP contribution in [0.5, 0.6) is 0 Å². The van der Waals surface area contributed by atoms with Gasteiger partial charge in [0.05, 0.1) is 0 Å². The van der Waals surface area contributed by atoms with E-state index in [-0.39, 0.29) is 0 Å². The Kier molecular flexibility index (Phi) is 1.88. The predicted octanol–water partition coefficient (Wildman–Crippen LogP) is 0.702. The number of hydrogen-bond acceptors (Lipinski definition) is 1. The molecule has 0 aromatic carbocycles. The molecule has 0 unspecified atom stereocenters. The maximum atomic E-state index is 9.98. The van der Waals surface area contributed by atoms with E-state index in [1.54, 1.807) is 0 Å². The topological polar surface area (TPSA) is 37.3 Å². The van der Waals surface area contributed by atoms with E-state index < -0.39 is 10.8 Å². The van der Waals surface area contributed by atoms with Crippen LogP contribution in [0, 0.1) is 12.3 Å². The Morgan fingerprint density at radius 2 is 2.38 bits per heavy atom. The summed E-state index contributed by atoms with van der Waals surface area (Å²) < 4.78 is 0. The molecular weight excluding hydrogens is 128 g/mol. The first-order valence-electron chi connectivity index (χ1n) is 1.91. The van der Waals surface area contributed by atoms with Crippen molar-refractivity contribution in [3.63, 3.8) is 0 Å². The highest BCUT2D eigenvalue weighted by Crippen LogP contribution is 2.11. The van der Waals surface area contributed by atoms with Crippen molar-refractivity contribution < 1.29 is 9.90 Å². The number of carbonyl (C=O) groups is 1. The summed E-state index contributed by atoms with van der Waals surface area (Å²) in [6, 6.07) is 0. The quantitative estimate of drug-likeness (QED) is 0.421. The van der Waals surface area contributed by atoms with Gasteiger partial charge in [-0.3, -0.25) is 0 Å². The van der Waals surface area contributed by atoms with Crippen molar-refractivity contribution in [1.82, 2.24) is 0 Å². The van der Waals surface area contributed by atoms with Crippen LogP contribution < -0.4 is 0 Å². The maximum absolute atomic E-state index is 9.98. The Morgan fingerprint density at radius 3 is 2.38 bits per heavy atom. The van der Waals surface area contributed by atoms with E-state index in [1.165, 1.54) is 6.92 Å². The third-order valence-electron chi connectivity index (χ3n) is 0.673. The summed E-state index contributed by atoms with van der Waals surface area (Å²) in [4.78, 5) is 8.44. The molecule has 8 heavy (non-hydrogen) atoms. The fraction of sp³-hybridized carbons (Fsp3) is 0.400. The number of terminal acetylenes is 1. The van der Waals surface area contributed by atoms with E-state index in [2.05, 4.69) is 0 Å². The first-order valence-corrected chi connectivity index (χ1v) is 2.28. The van der Waals surface area contributed by atoms with Crippen molar-refractivity contribution in [1.29, 1.82) is 0 Å². The third kappa shape index (κ3) is 1.43. The summed E-state index contributed by atoms with van der Waals surface area (Å²) in [6.45, 7) is 1.25. The van der Waals surface area contributed by atoms with Crippen LogP contribution in [0.3, 0.4) is 0 Å². The average Bonchev–Trinajstić information content (AvgIpc) is 1.67. The van der Waals surface area contributed by atoms with Crippen molar-refractivity contribution in [3.8, 4) is 12.3 Å². The van der Waals surface area contributed by atoms with Gasteiger partial charge >= 0.3 is 5.97 Å². The summed E-state index contributed by atoms with van der Waals surface area (Å²) in [7, 11) is 0. The van der Waals surface area contributed by atoms with Crippen molar-refractivity contribution in [3.05, 3.63) is 0 Å². The van der Waals surface area contributed by atoms with E-state index in [1.807, 2.05) is 5.92 Å². The molecule has 0 radical (unpaired) electrons. The molecule has 44 valence electrons. The van der Waals surface area contributed by atoms with Gasteiger partial charge in [0, 0.05) is 0 Å². The zero-order valence-corrected chi connectivity index (χ0v) is 5.07. The highest BCUT2D eigenvalue weighted by atomic mass is 35.5. The van der Waals surface area contributed by atoms with Gasteiger partial charge in [-0.1, -0.05) is 17.5 Å². The minimum absolute atomic E-state index is 1.19. The predicted molar refractivity (Wildman–Crippen MR) is 30.7 cm³/mol. The molecule has 1 atom stereocenters. The van der Waals surface area contributed by atoms with Crippen LogP contribution in [-0.4, -0.2) is 16.0 Å². The number of halogens is 1. The fourth-order valence-electron chi connectivity index (χ4n) is 0.0617. The number of rotatable bonds is 1. The molecule has 0 saturated carbocycles. The summed E-state index contributed by atoms with van der Waals surface area (Å²) in [5.74, 6) is 0.714. The Morgan fingerprint density at radius 1 is 2.00 bits per heavy atom. The normalized spacial score (nSPS) is 16.1. The lowest BCUT2D eigenvalue weighted by Crippen LogP contribution is -2.25. The number of aliphatic carboxylic acids is 1. The van der Waals surface area contributed by atoms with E-state index in [4.69, 9.17) is 23.1 Å².